The number of nitrogens with zero attached hydrogens (tertiary/aromatic N) is 1. The van der Waals surface area contributed by atoms with Gasteiger partial charge in [-0.15, -0.1) is 0 Å². The molecule has 0 radical (unpaired) electrons. The van der Waals surface area contributed by atoms with Crippen LogP contribution in [0.3, 0.4) is 0 Å². The molecule has 3 heteroatoms. The first kappa shape index (κ1) is 15.2. The number of hydrogen-bond acceptors (Lipinski definition) is 3. The van der Waals surface area contributed by atoms with Gasteiger partial charge in [-0.2, -0.15) is 0 Å². The van der Waals surface area contributed by atoms with E-state index in [1.165, 1.54) is 5.56 Å². The lowest BCUT2D eigenvalue weighted by Crippen LogP contribution is -2.53. The maximum absolute atomic E-state index is 9.46. The second kappa shape index (κ2) is 7.52. The lowest BCUT2D eigenvalue weighted by atomic mass is 10.0. The predicted molar refractivity (Wildman–Crippen MR) is 76.8 cm³/mol. The average Bonchev–Trinajstić information content (AvgIpc) is 2.38. The van der Waals surface area contributed by atoms with Gasteiger partial charge in [0.15, 0.2) is 0 Å². The van der Waals surface area contributed by atoms with E-state index in [2.05, 4.69) is 55.4 Å². The molecule has 1 atom stereocenters. The van der Waals surface area contributed by atoms with E-state index in [0.717, 1.165) is 26.1 Å². The van der Waals surface area contributed by atoms with Crippen molar-refractivity contribution in [2.24, 2.45) is 0 Å². The summed E-state index contributed by atoms with van der Waals surface area (Å²) in [6, 6.07) is 10.5. The van der Waals surface area contributed by atoms with Gasteiger partial charge in [0.05, 0.1) is 12.1 Å². The molecule has 0 saturated heterocycles. The Morgan fingerprint density at radius 2 is 1.94 bits per heavy atom. The third-order valence-corrected chi connectivity index (χ3v) is 3.20. The molecule has 0 aliphatic carbocycles. The van der Waals surface area contributed by atoms with Crippen molar-refractivity contribution in [3.63, 3.8) is 0 Å². The molecule has 0 bridgehead atoms. The minimum Gasteiger partial charge on any atom is -0.394 e. The van der Waals surface area contributed by atoms with E-state index < -0.39 is 0 Å². The van der Waals surface area contributed by atoms with Gasteiger partial charge in [0.1, 0.15) is 0 Å². The zero-order valence-corrected chi connectivity index (χ0v) is 11.8. The summed E-state index contributed by atoms with van der Waals surface area (Å²) in [6.07, 6.45) is 1.05. The van der Waals surface area contributed by atoms with Crippen molar-refractivity contribution in [1.82, 2.24) is 10.2 Å². The number of rotatable bonds is 8. The number of aliphatic hydroxyl groups excluding tert-OH is 1. The molecule has 0 heterocycles. The highest BCUT2D eigenvalue weighted by atomic mass is 16.3. The van der Waals surface area contributed by atoms with Gasteiger partial charge in [0, 0.05) is 13.1 Å². The summed E-state index contributed by atoms with van der Waals surface area (Å²) in [5, 5.41) is 12.8. The third kappa shape index (κ3) is 5.17. The summed E-state index contributed by atoms with van der Waals surface area (Å²) in [4.78, 5) is 2.27. The van der Waals surface area contributed by atoms with Crippen LogP contribution in [-0.4, -0.2) is 48.8 Å². The largest absolute Gasteiger partial charge is 0.394 e. The number of aliphatic hydroxyl groups is 1. The zero-order chi connectivity index (χ0) is 13.4. The van der Waals surface area contributed by atoms with Crippen LogP contribution in [0.5, 0.6) is 0 Å². The Labute approximate surface area is 111 Å². The summed E-state index contributed by atoms with van der Waals surface area (Å²) in [5.74, 6) is 0. The van der Waals surface area contributed by atoms with Crippen LogP contribution in [0.2, 0.25) is 0 Å². The van der Waals surface area contributed by atoms with Crippen LogP contribution in [0.25, 0.3) is 0 Å². The first-order chi connectivity index (χ1) is 8.59. The summed E-state index contributed by atoms with van der Waals surface area (Å²) in [6.45, 7) is 7.03. The summed E-state index contributed by atoms with van der Waals surface area (Å²) in [5.41, 5.74) is 1.15. The fourth-order valence-corrected chi connectivity index (χ4v) is 2.23. The van der Waals surface area contributed by atoms with Crippen LogP contribution in [0, 0.1) is 0 Å². The number of nitrogens with one attached hydrogen (secondary N) is 1. The first-order valence-electron chi connectivity index (χ1n) is 6.68. The standard InChI is InChI=1S/C15H26N2O/c1-4-16-15(2,13-18)12-17(3)11-10-14-8-6-5-7-9-14/h5-9,16,18H,4,10-13H2,1-3H3. The highest BCUT2D eigenvalue weighted by Gasteiger charge is 2.23. The van der Waals surface area contributed by atoms with Gasteiger partial charge in [-0.1, -0.05) is 37.3 Å². The molecule has 102 valence electrons. The van der Waals surface area contributed by atoms with Gasteiger partial charge < -0.3 is 15.3 Å². The molecule has 3 nitrogen and oxygen atoms in total. The Kier molecular flexibility index (Phi) is 6.33. The molecule has 0 fully saturated rings. The van der Waals surface area contributed by atoms with Gasteiger partial charge in [-0.3, -0.25) is 0 Å². The highest BCUT2D eigenvalue weighted by molar-refractivity contribution is 5.14. The van der Waals surface area contributed by atoms with Gasteiger partial charge in [-0.05, 0) is 32.5 Å². The molecule has 0 spiro atoms. The maximum Gasteiger partial charge on any atom is 0.0623 e. The van der Waals surface area contributed by atoms with Crippen LogP contribution in [-0.2, 0) is 6.42 Å². The molecule has 1 unspecified atom stereocenters. The van der Waals surface area contributed by atoms with Crippen molar-refractivity contribution in [2.45, 2.75) is 25.8 Å². The molecular weight excluding hydrogens is 224 g/mol. The quantitative estimate of drug-likeness (QED) is 0.734. The molecular formula is C15H26N2O. The second-order valence-electron chi connectivity index (χ2n) is 5.22. The number of benzene rings is 1. The fourth-order valence-electron chi connectivity index (χ4n) is 2.23. The molecule has 0 saturated carbocycles. The average molecular weight is 250 g/mol. The summed E-state index contributed by atoms with van der Waals surface area (Å²) in [7, 11) is 2.11. The Morgan fingerprint density at radius 3 is 2.50 bits per heavy atom. The van der Waals surface area contributed by atoms with Crippen molar-refractivity contribution in [3.05, 3.63) is 35.9 Å². The highest BCUT2D eigenvalue weighted by Crippen LogP contribution is 2.06. The minimum atomic E-state index is -0.208. The number of likely N-dealkylation sites (N-methyl/N-ethyl adjacent to an activating group) is 2. The van der Waals surface area contributed by atoms with Crippen LogP contribution in [0.4, 0.5) is 0 Å². The topological polar surface area (TPSA) is 35.5 Å². The van der Waals surface area contributed by atoms with Crippen molar-refractivity contribution >= 4 is 0 Å². The fraction of sp³-hybridized carbons (Fsp3) is 0.600. The molecule has 18 heavy (non-hydrogen) atoms. The van der Waals surface area contributed by atoms with E-state index in [4.69, 9.17) is 0 Å². The summed E-state index contributed by atoms with van der Waals surface area (Å²) >= 11 is 0. The van der Waals surface area contributed by atoms with Crippen LogP contribution < -0.4 is 5.32 Å². The molecule has 1 aromatic rings. The molecule has 0 aromatic heterocycles. The van der Waals surface area contributed by atoms with Gasteiger partial charge >= 0.3 is 0 Å². The smallest absolute Gasteiger partial charge is 0.0623 e. The summed E-state index contributed by atoms with van der Waals surface area (Å²) < 4.78 is 0. The van der Waals surface area contributed by atoms with E-state index in [1.54, 1.807) is 0 Å². The first-order valence-corrected chi connectivity index (χ1v) is 6.68. The zero-order valence-electron chi connectivity index (χ0n) is 11.8. The molecule has 1 aromatic carbocycles. The van der Waals surface area contributed by atoms with E-state index in [0.29, 0.717) is 0 Å². The van der Waals surface area contributed by atoms with Crippen LogP contribution in [0.1, 0.15) is 19.4 Å². The van der Waals surface area contributed by atoms with Crippen LogP contribution in [0.15, 0.2) is 30.3 Å². The Hall–Kier alpha value is -0.900. The van der Waals surface area contributed by atoms with Crippen molar-refractivity contribution in [3.8, 4) is 0 Å². The Bertz CT molecular complexity index is 329. The van der Waals surface area contributed by atoms with E-state index in [1.807, 2.05) is 6.07 Å². The van der Waals surface area contributed by atoms with Gasteiger partial charge in [0.25, 0.3) is 0 Å². The lowest BCUT2D eigenvalue weighted by molar-refractivity contribution is 0.134. The van der Waals surface area contributed by atoms with E-state index in [-0.39, 0.29) is 12.1 Å². The van der Waals surface area contributed by atoms with Crippen molar-refractivity contribution in [2.75, 3.05) is 33.3 Å². The normalized spacial score (nSPS) is 14.7. The van der Waals surface area contributed by atoms with Gasteiger partial charge in [-0.25, -0.2) is 0 Å². The van der Waals surface area contributed by atoms with Gasteiger partial charge in [0.2, 0.25) is 0 Å². The molecule has 0 amide bonds. The van der Waals surface area contributed by atoms with Crippen molar-refractivity contribution in [1.29, 1.82) is 0 Å². The number of hydrogen-bond donors (Lipinski definition) is 2. The molecule has 0 aliphatic rings. The van der Waals surface area contributed by atoms with E-state index in [9.17, 15) is 5.11 Å². The third-order valence-electron chi connectivity index (χ3n) is 3.20. The maximum atomic E-state index is 9.46. The Balaban J connectivity index is 2.39. The van der Waals surface area contributed by atoms with E-state index >= 15 is 0 Å². The van der Waals surface area contributed by atoms with Crippen LogP contribution >= 0.6 is 0 Å². The molecule has 2 N–H and O–H groups in total. The second-order valence-corrected chi connectivity index (χ2v) is 5.22. The van der Waals surface area contributed by atoms with Crippen molar-refractivity contribution < 1.29 is 5.11 Å². The SMILES string of the molecule is CCNC(C)(CO)CN(C)CCc1ccccc1. The minimum absolute atomic E-state index is 0.163. The molecule has 1 rings (SSSR count). The predicted octanol–water partition coefficient (Wildman–Crippen LogP) is 1.52. The monoisotopic (exact) mass is 250 g/mol. The lowest BCUT2D eigenvalue weighted by Gasteiger charge is -2.33. The Morgan fingerprint density at radius 1 is 1.28 bits per heavy atom. The molecule has 0 aliphatic heterocycles.